The van der Waals surface area contributed by atoms with E-state index in [0.29, 0.717) is 42.6 Å². The van der Waals surface area contributed by atoms with Crippen molar-refractivity contribution in [1.29, 1.82) is 0 Å². The zero-order valence-corrected chi connectivity index (χ0v) is 15.0. The second kappa shape index (κ2) is 7.85. The Labute approximate surface area is 144 Å². The molecular formula is C19H28N2O3. The second-order valence-electron chi connectivity index (χ2n) is 7.15. The Morgan fingerprint density at radius 2 is 2.08 bits per heavy atom. The van der Waals surface area contributed by atoms with E-state index in [9.17, 15) is 9.90 Å². The minimum absolute atomic E-state index is 0.324. The van der Waals surface area contributed by atoms with E-state index < -0.39 is 11.6 Å². The third-order valence-corrected chi connectivity index (χ3v) is 4.63. The summed E-state index contributed by atoms with van der Waals surface area (Å²) in [6, 6.07) is 0. The van der Waals surface area contributed by atoms with Gasteiger partial charge in [0.15, 0.2) is 5.69 Å². The van der Waals surface area contributed by atoms with E-state index in [1.807, 2.05) is 0 Å². The number of carbonyl (C=O) groups is 1. The predicted molar refractivity (Wildman–Crippen MR) is 92.5 cm³/mol. The average molecular weight is 332 g/mol. The third kappa shape index (κ3) is 4.39. The summed E-state index contributed by atoms with van der Waals surface area (Å²) in [5.74, 6) is 3.30. The Kier molecular flexibility index (Phi) is 6.06. The molecule has 1 heterocycles. The molecule has 2 rings (SSSR count). The summed E-state index contributed by atoms with van der Waals surface area (Å²) in [5.41, 5.74) is -0.540. The Morgan fingerprint density at radius 1 is 1.42 bits per heavy atom. The predicted octanol–water partition coefficient (Wildman–Crippen LogP) is 2.95. The van der Waals surface area contributed by atoms with Crippen LogP contribution in [0.25, 0.3) is 0 Å². The summed E-state index contributed by atoms with van der Waals surface area (Å²) in [5, 5.41) is 10.4. The van der Waals surface area contributed by atoms with Crippen molar-refractivity contribution in [1.82, 2.24) is 9.55 Å². The van der Waals surface area contributed by atoms with Crippen molar-refractivity contribution in [3.8, 4) is 12.3 Å². The van der Waals surface area contributed by atoms with Crippen LogP contribution in [0, 0.1) is 18.3 Å². The molecule has 1 aromatic heterocycles. The van der Waals surface area contributed by atoms with Crippen LogP contribution in [0.15, 0.2) is 0 Å². The summed E-state index contributed by atoms with van der Waals surface area (Å²) in [6.07, 6.45) is 12.3. The smallest absolute Gasteiger partial charge is 0.357 e. The molecule has 1 fully saturated rings. The number of ether oxygens (including phenoxy) is 1. The van der Waals surface area contributed by atoms with Crippen molar-refractivity contribution in [2.75, 3.05) is 6.61 Å². The summed E-state index contributed by atoms with van der Waals surface area (Å²) in [4.78, 5) is 17.1. The zero-order valence-electron chi connectivity index (χ0n) is 15.0. The molecule has 1 N–H and O–H groups in total. The number of rotatable bonds is 6. The van der Waals surface area contributed by atoms with Gasteiger partial charge in [-0.05, 0) is 32.6 Å². The first-order valence-corrected chi connectivity index (χ1v) is 8.73. The van der Waals surface area contributed by atoms with Gasteiger partial charge in [0, 0.05) is 19.9 Å². The lowest BCUT2D eigenvalue weighted by Crippen LogP contribution is -2.24. The molecule has 1 aromatic rings. The van der Waals surface area contributed by atoms with Crippen molar-refractivity contribution in [2.45, 2.75) is 64.4 Å². The molecular weight excluding hydrogens is 304 g/mol. The van der Waals surface area contributed by atoms with Gasteiger partial charge in [0.1, 0.15) is 17.1 Å². The fourth-order valence-electron chi connectivity index (χ4n) is 3.23. The highest BCUT2D eigenvalue weighted by Gasteiger charge is 2.31. The highest BCUT2D eigenvalue weighted by Crippen LogP contribution is 2.27. The van der Waals surface area contributed by atoms with Crippen LogP contribution in [0.3, 0.4) is 0 Å². The lowest BCUT2D eigenvalue weighted by molar-refractivity contribution is 0.0367. The van der Waals surface area contributed by atoms with E-state index in [-0.39, 0.29) is 0 Å². The van der Waals surface area contributed by atoms with Crippen molar-refractivity contribution in [2.24, 2.45) is 13.0 Å². The van der Waals surface area contributed by atoms with Crippen molar-refractivity contribution in [3.63, 3.8) is 0 Å². The van der Waals surface area contributed by atoms with Crippen LogP contribution in [0.2, 0.25) is 0 Å². The number of terminal acetylenes is 1. The van der Waals surface area contributed by atoms with Gasteiger partial charge >= 0.3 is 5.97 Å². The largest absolute Gasteiger partial charge is 0.461 e. The standard InChI is InChI=1S/C19H28N2O3/c1-5-6-12-15-20-17(19(2,3)23)16(21(15)4)18(22)24-13-14-10-8-7-9-11-14/h1,14,23H,6-13H2,2-4H3. The molecule has 0 amide bonds. The number of aryl methyl sites for hydroxylation is 1. The van der Waals surface area contributed by atoms with Crippen LogP contribution >= 0.6 is 0 Å². The summed E-state index contributed by atoms with van der Waals surface area (Å²) in [6.45, 7) is 3.69. The topological polar surface area (TPSA) is 64.3 Å². The van der Waals surface area contributed by atoms with Gasteiger partial charge < -0.3 is 14.4 Å². The Balaban J connectivity index is 2.18. The first-order valence-electron chi connectivity index (χ1n) is 8.73. The molecule has 0 spiro atoms. The molecule has 132 valence electrons. The molecule has 0 unspecified atom stereocenters. The average Bonchev–Trinajstić information content (AvgIpc) is 2.88. The van der Waals surface area contributed by atoms with Crippen molar-refractivity contribution < 1.29 is 14.6 Å². The van der Waals surface area contributed by atoms with Gasteiger partial charge in [0.25, 0.3) is 0 Å². The van der Waals surface area contributed by atoms with Gasteiger partial charge in [-0.1, -0.05) is 19.3 Å². The van der Waals surface area contributed by atoms with E-state index in [1.165, 1.54) is 19.3 Å². The molecule has 5 nitrogen and oxygen atoms in total. The number of aromatic nitrogens is 2. The number of hydrogen-bond donors (Lipinski definition) is 1. The zero-order chi connectivity index (χ0) is 17.7. The molecule has 0 aliphatic heterocycles. The van der Waals surface area contributed by atoms with Crippen LogP contribution < -0.4 is 0 Å². The minimum atomic E-state index is -1.22. The lowest BCUT2D eigenvalue weighted by Gasteiger charge is -2.22. The summed E-state index contributed by atoms with van der Waals surface area (Å²) >= 11 is 0. The van der Waals surface area contributed by atoms with Crippen LogP contribution in [0.4, 0.5) is 0 Å². The van der Waals surface area contributed by atoms with Crippen LogP contribution in [-0.4, -0.2) is 27.2 Å². The monoisotopic (exact) mass is 332 g/mol. The molecule has 5 heteroatoms. The van der Waals surface area contributed by atoms with E-state index in [2.05, 4.69) is 10.9 Å². The number of aliphatic hydroxyl groups is 1. The SMILES string of the molecule is C#CCCc1nc(C(C)(C)O)c(C(=O)OCC2CCCCC2)n1C. The highest BCUT2D eigenvalue weighted by molar-refractivity contribution is 5.89. The normalized spacial score (nSPS) is 16.0. The summed E-state index contributed by atoms with van der Waals surface area (Å²) < 4.78 is 7.25. The van der Waals surface area contributed by atoms with Gasteiger partial charge in [-0.25, -0.2) is 9.78 Å². The van der Waals surface area contributed by atoms with Crippen LogP contribution in [-0.2, 0) is 23.8 Å². The van der Waals surface area contributed by atoms with Gasteiger partial charge in [-0.2, -0.15) is 0 Å². The van der Waals surface area contributed by atoms with E-state index in [4.69, 9.17) is 11.2 Å². The molecule has 0 radical (unpaired) electrons. The Morgan fingerprint density at radius 3 is 2.67 bits per heavy atom. The minimum Gasteiger partial charge on any atom is -0.461 e. The molecule has 0 saturated heterocycles. The molecule has 0 aromatic carbocycles. The van der Waals surface area contributed by atoms with Gasteiger partial charge in [-0.15, -0.1) is 12.3 Å². The van der Waals surface area contributed by atoms with E-state index >= 15 is 0 Å². The van der Waals surface area contributed by atoms with Crippen LogP contribution in [0.1, 0.15) is 74.4 Å². The fourth-order valence-corrected chi connectivity index (χ4v) is 3.23. The van der Waals surface area contributed by atoms with Gasteiger partial charge in [0.2, 0.25) is 0 Å². The van der Waals surface area contributed by atoms with Gasteiger partial charge in [-0.3, -0.25) is 0 Å². The van der Waals surface area contributed by atoms with Crippen molar-refractivity contribution in [3.05, 3.63) is 17.2 Å². The van der Waals surface area contributed by atoms with E-state index in [0.717, 1.165) is 12.8 Å². The van der Waals surface area contributed by atoms with Gasteiger partial charge in [0.05, 0.1) is 6.61 Å². The molecule has 1 aliphatic rings. The molecule has 1 saturated carbocycles. The number of nitrogens with zero attached hydrogens (tertiary/aromatic N) is 2. The second-order valence-corrected chi connectivity index (χ2v) is 7.15. The maximum atomic E-state index is 12.6. The highest BCUT2D eigenvalue weighted by atomic mass is 16.5. The van der Waals surface area contributed by atoms with Crippen molar-refractivity contribution >= 4 is 5.97 Å². The summed E-state index contributed by atoms with van der Waals surface area (Å²) in [7, 11) is 1.77. The fraction of sp³-hybridized carbons (Fsp3) is 0.684. The third-order valence-electron chi connectivity index (χ3n) is 4.63. The molecule has 24 heavy (non-hydrogen) atoms. The number of carbonyl (C=O) groups excluding carboxylic acids is 1. The number of hydrogen-bond acceptors (Lipinski definition) is 4. The maximum Gasteiger partial charge on any atom is 0.357 e. The maximum absolute atomic E-state index is 12.6. The molecule has 1 aliphatic carbocycles. The molecule has 0 bridgehead atoms. The lowest BCUT2D eigenvalue weighted by atomic mass is 9.90. The Bertz CT molecular complexity index is 614. The molecule has 0 atom stereocenters. The van der Waals surface area contributed by atoms with E-state index in [1.54, 1.807) is 25.5 Å². The quantitative estimate of drug-likeness (QED) is 0.642. The number of imidazole rings is 1. The number of esters is 1. The first kappa shape index (κ1) is 18.5. The van der Waals surface area contributed by atoms with Crippen LogP contribution in [0.5, 0.6) is 0 Å². The Hall–Kier alpha value is -1.80. The first-order chi connectivity index (χ1) is 11.3.